The lowest BCUT2D eigenvalue weighted by Gasteiger charge is -2.33. The number of hydrogen-bond acceptors (Lipinski definition) is 4. The van der Waals surface area contributed by atoms with Crippen LogP contribution in [0, 0.1) is 0 Å². The molecular formula is C19H34N6O2. The van der Waals surface area contributed by atoms with Gasteiger partial charge in [-0.3, -0.25) is 4.57 Å². The molecule has 2 aliphatic heterocycles. The largest absolute Gasteiger partial charge is 0.345 e. The Balaban J connectivity index is 1.27. The molecule has 1 fully saturated rings. The average Bonchev–Trinajstić information content (AvgIpc) is 3.00. The van der Waals surface area contributed by atoms with Gasteiger partial charge in [-0.15, -0.1) is 0 Å². The zero-order chi connectivity index (χ0) is 19.1. The van der Waals surface area contributed by atoms with Gasteiger partial charge in [-0.1, -0.05) is 6.42 Å². The number of aromatic nitrogens is 3. The molecule has 0 saturated carbocycles. The van der Waals surface area contributed by atoms with Gasteiger partial charge in [0.1, 0.15) is 5.82 Å². The van der Waals surface area contributed by atoms with E-state index < -0.39 is 0 Å². The third-order valence-electron chi connectivity index (χ3n) is 5.71. The van der Waals surface area contributed by atoms with Crippen LogP contribution in [0.25, 0.3) is 0 Å². The molecule has 8 nitrogen and oxygen atoms in total. The summed E-state index contributed by atoms with van der Waals surface area (Å²) >= 11 is 0. The molecule has 1 saturated heterocycles. The minimum Gasteiger partial charge on any atom is -0.338 e. The van der Waals surface area contributed by atoms with Crippen molar-refractivity contribution in [3.63, 3.8) is 0 Å². The summed E-state index contributed by atoms with van der Waals surface area (Å²) in [5.74, 6) is 0.903. The van der Waals surface area contributed by atoms with Gasteiger partial charge in [0.05, 0.1) is 0 Å². The normalized spacial score (nSPS) is 20.3. The van der Waals surface area contributed by atoms with E-state index in [-0.39, 0.29) is 11.7 Å². The molecule has 0 spiro atoms. The quantitative estimate of drug-likeness (QED) is 0.669. The molecule has 0 aliphatic carbocycles. The number of nitrogens with one attached hydrogen (secondary N) is 2. The van der Waals surface area contributed by atoms with Crippen LogP contribution in [0.3, 0.4) is 0 Å². The Labute approximate surface area is 161 Å². The second-order valence-corrected chi connectivity index (χ2v) is 7.80. The van der Waals surface area contributed by atoms with Crippen LogP contribution in [0.2, 0.25) is 0 Å². The lowest BCUT2D eigenvalue weighted by Crippen LogP contribution is -2.41. The highest BCUT2D eigenvalue weighted by atomic mass is 16.2. The van der Waals surface area contributed by atoms with Gasteiger partial charge in [-0.05, 0) is 52.0 Å². The Hall–Kier alpha value is -1.83. The summed E-state index contributed by atoms with van der Waals surface area (Å²) in [4.78, 5) is 26.6. The van der Waals surface area contributed by atoms with Gasteiger partial charge in [-0.2, -0.15) is 5.10 Å². The zero-order valence-electron chi connectivity index (χ0n) is 16.6. The summed E-state index contributed by atoms with van der Waals surface area (Å²) in [7, 11) is 0. The van der Waals surface area contributed by atoms with Gasteiger partial charge < -0.3 is 15.5 Å². The molecule has 0 bridgehead atoms. The van der Waals surface area contributed by atoms with Crippen molar-refractivity contribution in [2.24, 2.45) is 0 Å². The molecule has 0 radical (unpaired) electrons. The molecule has 3 rings (SSSR count). The van der Waals surface area contributed by atoms with Crippen molar-refractivity contribution >= 4 is 6.03 Å². The van der Waals surface area contributed by atoms with Crippen molar-refractivity contribution in [2.75, 3.05) is 26.2 Å². The Morgan fingerprint density at radius 1 is 1.07 bits per heavy atom. The first-order valence-electron chi connectivity index (χ1n) is 10.6. The maximum absolute atomic E-state index is 12.2. The van der Waals surface area contributed by atoms with Gasteiger partial charge in [0.25, 0.3) is 0 Å². The molecule has 8 heteroatoms. The predicted molar refractivity (Wildman–Crippen MR) is 105 cm³/mol. The monoisotopic (exact) mass is 378 g/mol. The molecule has 3 heterocycles. The highest BCUT2D eigenvalue weighted by molar-refractivity contribution is 5.73. The van der Waals surface area contributed by atoms with Crippen molar-refractivity contribution in [1.29, 1.82) is 0 Å². The fourth-order valence-electron chi connectivity index (χ4n) is 4.06. The third-order valence-corrected chi connectivity index (χ3v) is 5.71. The number of carbonyl (C=O) groups excluding carboxylic acids is 1. The van der Waals surface area contributed by atoms with Crippen LogP contribution in [0.1, 0.15) is 57.7 Å². The molecular weight excluding hydrogens is 344 g/mol. The molecule has 1 aromatic heterocycles. The smallest absolute Gasteiger partial charge is 0.338 e. The van der Waals surface area contributed by atoms with E-state index in [0.29, 0.717) is 32.1 Å². The van der Waals surface area contributed by atoms with E-state index in [0.717, 1.165) is 44.6 Å². The number of fused-ring (bicyclic) bond motifs is 1. The Morgan fingerprint density at radius 3 is 2.56 bits per heavy atom. The lowest BCUT2D eigenvalue weighted by atomic mass is 10.0. The second-order valence-electron chi connectivity index (χ2n) is 7.80. The maximum atomic E-state index is 12.2. The van der Waals surface area contributed by atoms with E-state index in [1.54, 1.807) is 9.25 Å². The standard InChI is InChI=1S/C19H34N6O2/c1-16-8-2-4-12-23(16)13-6-10-20-18(26)21-11-7-15-25-19(27)24-14-5-3-9-17(24)22-25/h16H,2-15H2,1H3,(H2,20,21,26). The zero-order valence-corrected chi connectivity index (χ0v) is 16.6. The SMILES string of the molecule is CC1CCCCN1CCCNC(=O)NCCCn1nc2n(c1=O)CCCC2. The van der Waals surface area contributed by atoms with Gasteiger partial charge in [0, 0.05) is 45.2 Å². The van der Waals surface area contributed by atoms with Crippen molar-refractivity contribution in [3.05, 3.63) is 16.3 Å². The van der Waals surface area contributed by atoms with Crippen molar-refractivity contribution in [2.45, 2.75) is 77.4 Å². The van der Waals surface area contributed by atoms with Gasteiger partial charge in [0.15, 0.2) is 0 Å². The summed E-state index contributed by atoms with van der Waals surface area (Å²) in [5.41, 5.74) is -0.0129. The number of likely N-dealkylation sites (tertiary alicyclic amines) is 1. The van der Waals surface area contributed by atoms with Crippen molar-refractivity contribution in [3.8, 4) is 0 Å². The minimum atomic E-state index is -0.127. The summed E-state index contributed by atoms with van der Waals surface area (Å²) in [6.07, 6.45) is 8.65. The van der Waals surface area contributed by atoms with E-state index in [4.69, 9.17) is 0 Å². The van der Waals surface area contributed by atoms with Crippen LogP contribution in [-0.2, 0) is 19.5 Å². The van der Waals surface area contributed by atoms with E-state index in [1.807, 2.05) is 0 Å². The molecule has 2 N–H and O–H groups in total. The fraction of sp³-hybridized carbons (Fsp3) is 0.842. The van der Waals surface area contributed by atoms with Crippen LogP contribution in [0.5, 0.6) is 0 Å². The topological polar surface area (TPSA) is 84.2 Å². The van der Waals surface area contributed by atoms with Gasteiger partial charge in [0.2, 0.25) is 0 Å². The number of carbonyl (C=O) groups is 1. The van der Waals surface area contributed by atoms with E-state index in [9.17, 15) is 9.59 Å². The molecule has 1 aromatic rings. The summed E-state index contributed by atoms with van der Waals surface area (Å²) in [6, 6.07) is 0.544. The summed E-state index contributed by atoms with van der Waals surface area (Å²) < 4.78 is 3.33. The van der Waals surface area contributed by atoms with E-state index in [1.165, 1.54) is 25.8 Å². The molecule has 1 unspecified atom stereocenters. The van der Waals surface area contributed by atoms with E-state index >= 15 is 0 Å². The predicted octanol–water partition coefficient (Wildman–Crippen LogP) is 1.33. The first kappa shape index (κ1) is 19.9. The molecule has 27 heavy (non-hydrogen) atoms. The molecule has 2 amide bonds. The van der Waals surface area contributed by atoms with Crippen LogP contribution >= 0.6 is 0 Å². The first-order valence-corrected chi connectivity index (χ1v) is 10.6. The van der Waals surface area contributed by atoms with Crippen LogP contribution in [0.4, 0.5) is 4.79 Å². The number of nitrogens with zero attached hydrogens (tertiary/aromatic N) is 4. The second kappa shape index (κ2) is 9.92. The van der Waals surface area contributed by atoms with Crippen LogP contribution in [0.15, 0.2) is 4.79 Å². The molecule has 152 valence electrons. The number of amides is 2. The van der Waals surface area contributed by atoms with Crippen molar-refractivity contribution in [1.82, 2.24) is 29.9 Å². The van der Waals surface area contributed by atoms with Crippen LogP contribution in [-0.4, -0.2) is 57.5 Å². The number of hydrogen-bond donors (Lipinski definition) is 2. The number of rotatable bonds is 8. The Bertz CT molecular complexity index is 668. The highest BCUT2D eigenvalue weighted by Gasteiger charge is 2.17. The number of aryl methyl sites for hydroxylation is 2. The summed E-state index contributed by atoms with van der Waals surface area (Å²) in [6.45, 7) is 7.10. The minimum absolute atomic E-state index is 0.0129. The molecule has 0 aromatic carbocycles. The Morgan fingerprint density at radius 2 is 1.81 bits per heavy atom. The first-order chi connectivity index (χ1) is 13.1. The third kappa shape index (κ3) is 5.57. The average molecular weight is 379 g/mol. The Kier molecular flexibility index (Phi) is 7.32. The molecule has 1 atom stereocenters. The lowest BCUT2D eigenvalue weighted by molar-refractivity contribution is 0.159. The highest BCUT2D eigenvalue weighted by Crippen LogP contribution is 2.16. The van der Waals surface area contributed by atoms with Crippen molar-refractivity contribution < 1.29 is 4.79 Å². The maximum Gasteiger partial charge on any atom is 0.345 e. The molecule has 2 aliphatic rings. The number of urea groups is 1. The van der Waals surface area contributed by atoms with Gasteiger partial charge >= 0.3 is 11.7 Å². The fourth-order valence-corrected chi connectivity index (χ4v) is 4.06. The van der Waals surface area contributed by atoms with E-state index in [2.05, 4.69) is 27.6 Å². The number of piperidine rings is 1. The van der Waals surface area contributed by atoms with Gasteiger partial charge in [-0.25, -0.2) is 14.3 Å². The van der Waals surface area contributed by atoms with Crippen LogP contribution < -0.4 is 16.3 Å². The summed E-state index contributed by atoms with van der Waals surface area (Å²) in [5, 5.41) is 10.2.